The molecule has 0 aromatic carbocycles. The second kappa shape index (κ2) is 5.53. The maximum Gasteiger partial charge on any atom is 0.155 e. The van der Waals surface area contributed by atoms with E-state index in [9.17, 15) is 0 Å². The molecular weight excluding hydrogens is 208 g/mol. The molecule has 0 fully saturated rings. The van der Waals surface area contributed by atoms with Crippen LogP contribution in [0.2, 0.25) is 18.1 Å². The average molecular weight is 229 g/mol. The largest absolute Gasteiger partial charge is 0.471 e. The summed E-state index contributed by atoms with van der Waals surface area (Å²) in [5, 5.41) is 0.342. The van der Waals surface area contributed by atoms with Crippen molar-refractivity contribution in [2.45, 2.75) is 38.9 Å². The third-order valence-corrected chi connectivity index (χ3v) is 7.05. The zero-order valence-electron chi connectivity index (χ0n) is 8.79. The van der Waals surface area contributed by atoms with Gasteiger partial charge in [-0.15, -0.1) is 0 Å². The molecule has 0 atom stereocenters. The lowest BCUT2D eigenvalue weighted by Gasteiger charge is -2.29. The summed E-state index contributed by atoms with van der Waals surface area (Å²) in [5.74, 6) is 0. The Balaban J connectivity index is 0. The highest BCUT2D eigenvalue weighted by molar-refractivity contribution is 7.20. The molecule has 0 bridgehead atoms. The fourth-order valence-corrected chi connectivity index (χ4v) is 0. The fraction of sp³-hybridized carbons (Fsp3) is 1.00. The second-order valence-corrected chi connectivity index (χ2v) is 14.7. The molecule has 0 aliphatic carbocycles. The Morgan fingerprint density at radius 2 is 1.27 bits per heavy atom. The highest BCUT2D eigenvalue weighted by Gasteiger charge is 2.32. The van der Waals surface area contributed by atoms with E-state index in [2.05, 4.69) is 38.0 Å². The van der Waals surface area contributed by atoms with Crippen LogP contribution in [0.3, 0.4) is 0 Å². The van der Waals surface area contributed by atoms with Gasteiger partial charge in [-0.25, -0.2) is 0 Å². The zero-order valence-corrected chi connectivity index (χ0v) is 14.5. The van der Waals surface area contributed by atoms with Crippen molar-refractivity contribution in [2.75, 3.05) is 0 Å². The normalized spacial score (nSPS) is 12.5. The van der Waals surface area contributed by atoms with Crippen molar-refractivity contribution in [3.05, 3.63) is 0 Å². The minimum absolute atomic E-state index is 0.342. The fourth-order valence-electron chi connectivity index (χ4n) is 0. The minimum Gasteiger partial charge on any atom is -0.471 e. The molecule has 0 spiro atoms. The van der Waals surface area contributed by atoms with Crippen LogP contribution in [0.4, 0.5) is 0 Å². The molecule has 11 heavy (non-hydrogen) atoms. The van der Waals surface area contributed by atoms with Crippen molar-refractivity contribution in [3.63, 3.8) is 0 Å². The van der Waals surface area contributed by atoms with Gasteiger partial charge in [-0.3, -0.25) is 0 Å². The molecule has 0 unspecified atom stereocenters. The summed E-state index contributed by atoms with van der Waals surface area (Å²) >= 11 is 6.15. The van der Waals surface area contributed by atoms with Crippen LogP contribution < -0.4 is 0 Å². The summed E-state index contributed by atoms with van der Waals surface area (Å²) in [5.41, 5.74) is 0. The first-order chi connectivity index (χ1) is 4.66. The van der Waals surface area contributed by atoms with Crippen molar-refractivity contribution >= 4 is 39.4 Å². The Kier molecular flexibility index (Phi) is 7.25. The summed E-state index contributed by atoms with van der Waals surface area (Å²) < 4.78 is 4.53. The molecule has 0 N–H and O–H groups in total. The molecule has 0 aliphatic rings. The van der Waals surface area contributed by atoms with Crippen LogP contribution in [-0.4, -0.2) is 28.4 Å². The predicted molar refractivity (Wildman–Crippen MR) is 64.0 cm³/mol. The standard InChI is InChI=1S/C6H15ClSi.H6OSi2/c1-6(2,3)8(4,5)7;2-1-3/h1-5H3;2-3H3. The molecule has 0 amide bonds. The maximum absolute atomic E-state index is 6.15. The Labute approximate surface area is 82.7 Å². The summed E-state index contributed by atoms with van der Waals surface area (Å²) in [4.78, 5) is 0. The number of hydrogen-bond acceptors (Lipinski definition) is 1. The first kappa shape index (κ1) is 14.4. The summed E-state index contributed by atoms with van der Waals surface area (Å²) in [6.45, 7) is 11.0. The van der Waals surface area contributed by atoms with Crippen LogP contribution in [0.25, 0.3) is 0 Å². The molecule has 0 saturated heterocycles. The molecule has 0 rings (SSSR count). The minimum atomic E-state index is -1.39. The van der Waals surface area contributed by atoms with E-state index in [0.717, 1.165) is 21.0 Å². The van der Waals surface area contributed by atoms with Crippen LogP contribution >= 0.6 is 11.1 Å². The van der Waals surface area contributed by atoms with E-state index >= 15 is 0 Å². The van der Waals surface area contributed by atoms with Gasteiger partial charge in [0, 0.05) is 0 Å². The first-order valence-electron chi connectivity index (χ1n) is 3.76. The maximum atomic E-state index is 6.15. The van der Waals surface area contributed by atoms with Crippen molar-refractivity contribution < 1.29 is 4.12 Å². The SMILES string of the molecule is CC(C)(C)[Si](C)(C)Cl.[SiH3]O[SiH3]. The monoisotopic (exact) mass is 228 g/mol. The highest BCUT2D eigenvalue weighted by atomic mass is 35.6. The quantitative estimate of drug-likeness (QED) is 0.440. The van der Waals surface area contributed by atoms with Gasteiger partial charge in [-0.1, -0.05) is 33.9 Å². The van der Waals surface area contributed by atoms with Gasteiger partial charge in [-0.05, 0) is 5.04 Å². The van der Waals surface area contributed by atoms with Gasteiger partial charge in [-0.2, -0.15) is 11.1 Å². The molecule has 0 saturated carbocycles. The highest BCUT2D eigenvalue weighted by Crippen LogP contribution is 2.38. The van der Waals surface area contributed by atoms with E-state index in [4.69, 9.17) is 11.1 Å². The van der Waals surface area contributed by atoms with Crippen LogP contribution in [0.1, 0.15) is 20.8 Å². The van der Waals surface area contributed by atoms with E-state index in [1.165, 1.54) is 0 Å². The predicted octanol–water partition coefficient (Wildman–Crippen LogP) is 0.794. The lowest BCUT2D eigenvalue weighted by atomic mass is 10.2. The molecule has 5 heteroatoms. The van der Waals surface area contributed by atoms with Crippen LogP contribution in [0, 0.1) is 0 Å². The Morgan fingerprint density at radius 3 is 1.27 bits per heavy atom. The van der Waals surface area contributed by atoms with Crippen LogP contribution in [0.15, 0.2) is 0 Å². The van der Waals surface area contributed by atoms with Gasteiger partial charge in [0.2, 0.25) is 0 Å². The Hall–Kier alpha value is 0.901. The van der Waals surface area contributed by atoms with E-state index in [-0.39, 0.29) is 0 Å². The molecule has 0 heterocycles. The topological polar surface area (TPSA) is 9.23 Å². The molecule has 0 aromatic heterocycles. The molecule has 0 aromatic rings. The summed E-state index contributed by atoms with van der Waals surface area (Å²) in [7, 11) is 0.475. The lowest BCUT2D eigenvalue weighted by molar-refractivity contribution is 0.690. The number of hydrogen-bond donors (Lipinski definition) is 0. The van der Waals surface area contributed by atoms with E-state index in [1.807, 2.05) is 0 Å². The van der Waals surface area contributed by atoms with Gasteiger partial charge in [0.1, 0.15) is 21.0 Å². The van der Waals surface area contributed by atoms with Crippen molar-refractivity contribution in [1.82, 2.24) is 0 Å². The van der Waals surface area contributed by atoms with E-state index < -0.39 is 7.38 Å². The molecule has 0 radical (unpaired) electrons. The number of rotatable bonds is 0. The average Bonchev–Trinajstić information content (AvgIpc) is 1.60. The smallest absolute Gasteiger partial charge is 0.155 e. The molecule has 1 nitrogen and oxygen atoms in total. The summed E-state index contributed by atoms with van der Waals surface area (Å²) in [6.07, 6.45) is 0. The molecular formula is C6H21ClOSi3. The van der Waals surface area contributed by atoms with Crippen LogP contribution in [0.5, 0.6) is 0 Å². The number of halogens is 1. The van der Waals surface area contributed by atoms with Crippen molar-refractivity contribution in [2.24, 2.45) is 0 Å². The van der Waals surface area contributed by atoms with E-state index in [0.29, 0.717) is 5.04 Å². The molecule has 0 aliphatic heterocycles. The van der Waals surface area contributed by atoms with Gasteiger partial charge >= 0.3 is 0 Å². The third-order valence-electron chi connectivity index (χ3n) is 1.78. The molecule has 70 valence electrons. The van der Waals surface area contributed by atoms with Gasteiger partial charge in [0.15, 0.2) is 7.38 Å². The zero-order chi connectivity index (χ0) is 9.71. The van der Waals surface area contributed by atoms with Crippen LogP contribution in [-0.2, 0) is 4.12 Å². The first-order valence-corrected chi connectivity index (χ1v) is 9.40. The Bertz CT molecular complexity index is 83.0. The third kappa shape index (κ3) is 8.81. The van der Waals surface area contributed by atoms with Crippen molar-refractivity contribution in [3.8, 4) is 0 Å². The van der Waals surface area contributed by atoms with Gasteiger partial charge in [0.25, 0.3) is 0 Å². The van der Waals surface area contributed by atoms with E-state index in [1.54, 1.807) is 0 Å². The summed E-state index contributed by atoms with van der Waals surface area (Å²) in [6, 6.07) is 0. The lowest BCUT2D eigenvalue weighted by Crippen LogP contribution is -2.29. The Morgan fingerprint density at radius 1 is 1.18 bits per heavy atom. The second-order valence-electron chi connectivity index (χ2n) is 4.13. The van der Waals surface area contributed by atoms with Gasteiger partial charge in [0.05, 0.1) is 0 Å². The van der Waals surface area contributed by atoms with Gasteiger partial charge < -0.3 is 4.12 Å². The van der Waals surface area contributed by atoms with Crippen molar-refractivity contribution in [1.29, 1.82) is 0 Å².